The molecule has 0 amide bonds. The molecule has 23 heavy (non-hydrogen) atoms. The van der Waals surface area contributed by atoms with Crippen molar-refractivity contribution in [2.75, 3.05) is 43.1 Å². The van der Waals surface area contributed by atoms with E-state index >= 15 is 0 Å². The fraction of sp³-hybridized carbons (Fsp3) is 0.400. The molecule has 0 spiro atoms. The van der Waals surface area contributed by atoms with Crippen molar-refractivity contribution in [3.8, 4) is 5.75 Å². The van der Waals surface area contributed by atoms with Gasteiger partial charge < -0.3 is 14.5 Å². The third-order valence-corrected chi connectivity index (χ3v) is 5.86. The van der Waals surface area contributed by atoms with Crippen LogP contribution in [0.1, 0.15) is 5.56 Å². The van der Waals surface area contributed by atoms with Crippen LogP contribution in [0.4, 0.5) is 10.9 Å². The minimum Gasteiger partial charge on any atom is -0.494 e. The van der Waals surface area contributed by atoms with Gasteiger partial charge in [-0.15, -0.1) is 0 Å². The normalized spacial score (nSPS) is 15.4. The number of rotatable bonds is 3. The van der Waals surface area contributed by atoms with E-state index in [1.54, 1.807) is 18.4 Å². The SMILES string of the molecule is COc1ccc(C)c2sc(N3CCN(c4cnsn4)CC3)nc12. The van der Waals surface area contributed by atoms with Crippen LogP contribution in [0.5, 0.6) is 5.75 Å². The van der Waals surface area contributed by atoms with Gasteiger partial charge in [0.2, 0.25) is 0 Å². The maximum absolute atomic E-state index is 5.45. The largest absolute Gasteiger partial charge is 0.494 e. The molecule has 8 heteroatoms. The second kappa shape index (κ2) is 5.93. The lowest BCUT2D eigenvalue weighted by Crippen LogP contribution is -2.46. The number of piperazine rings is 1. The Hall–Kier alpha value is -1.93. The fourth-order valence-corrected chi connectivity index (χ4v) is 4.36. The van der Waals surface area contributed by atoms with E-state index in [1.165, 1.54) is 22.0 Å². The molecule has 6 nitrogen and oxygen atoms in total. The highest BCUT2D eigenvalue weighted by molar-refractivity contribution is 7.22. The third-order valence-electron chi connectivity index (χ3n) is 4.14. The highest BCUT2D eigenvalue weighted by Crippen LogP contribution is 2.36. The lowest BCUT2D eigenvalue weighted by Gasteiger charge is -2.34. The van der Waals surface area contributed by atoms with Gasteiger partial charge in [-0.05, 0) is 18.6 Å². The average molecular weight is 347 g/mol. The summed E-state index contributed by atoms with van der Waals surface area (Å²) >= 11 is 3.01. The molecule has 2 aromatic heterocycles. The van der Waals surface area contributed by atoms with Crippen LogP contribution >= 0.6 is 23.1 Å². The van der Waals surface area contributed by atoms with Crippen molar-refractivity contribution in [2.45, 2.75) is 6.92 Å². The van der Waals surface area contributed by atoms with Gasteiger partial charge in [0.05, 0.1) is 29.7 Å². The van der Waals surface area contributed by atoms with Crippen molar-refractivity contribution in [2.24, 2.45) is 0 Å². The van der Waals surface area contributed by atoms with Crippen LogP contribution in [0, 0.1) is 6.92 Å². The molecule has 0 bridgehead atoms. The topological polar surface area (TPSA) is 54.4 Å². The van der Waals surface area contributed by atoms with Gasteiger partial charge >= 0.3 is 0 Å². The van der Waals surface area contributed by atoms with E-state index in [4.69, 9.17) is 9.72 Å². The average Bonchev–Trinajstić information content (AvgIpc) is 3.26. The highest BCUT2D eigenvalue weighted by atomic mass is 32.1. The maximum Gasteiger partial charge on any atom is 0.186 e. The molecule has 120 valence electrons. The molecule has 1 aliphatic rings. The Kier molecular flexibility index (Phi) is 3.78. The van der Waals surface area contributed by atoms with E-state index in [2.05, 4.69) is 31.5 Å². The quantitative estimate of drug-likeness (QED) is 0.726. The summed E-state index contributed by atoms with van der Waals surface area (Å²) in [5.41, 5.74) is 2.22. The van der Waals surface area contributed by atoms with Crippen molar-refractivity contribution in [3.05, 3.63) is 23.9 Å². The number of aromatic nitrogens is 3. The first-order valence-electron chi connectivity index (χ1n) is 7.48. The molecule has 0 atom stereocenters. The van der Waals surface area contributed by atoms with Gasteiger partial charge in [0, 0.05) is 26.2 Å². The number of fused-ring (bicyclic) bond motifs is 1. The lowest BCUT2D eigenvalue weighted by atomic mass is 10.2. The summed E-state index contributed by atoms with van der Waals surface area (Å²) in [7, 11) is 1.70. The van der Waals surface area contributed by atoms with Crippen molar-refractivity contribution in [1.29, 1.82) is 0 Å². The monoisotopic (exact) mass is 347 g/mol. The highest BCUT2D eigenvalue weighted by Gasteiger charge is 2.22. The van der Waals surface area contributed by atoms with Crippen molar-refractivity contribution in [3.63, 3.8) is 0 Å². The van der Waals surface area contributed by atoms with Crippen LogP contribution in [0.2, 0.25) is 0 Å². The molecule has 3 heterocycles. The molecule has 0 saturated carbocycles. The number of nitrogens with zero attached hydrogens (tertiary/aromatic N) is 5. The summed E-state index contributed by atoms with van der Waals surface area (Å²) < 4.78 is 15.1. The van der Waals surface area contributed by atoms with Crippen LogP contribution in [0.3, 0.4) is 0 Å². The van der Waals surface area contributed by atoms with E-state index in [1.807, 2.05) is 12.3 Å². The van der Waals surface area contributed by atoms with Crippen molar-refractivity contribution >= 4 is 44.2 Å². The van der Waals surface area contributed by atoms with Crippen LogP contribution in [-0.4, -0.2) is 47.0 Å². The second-order valence-electron chi connectivity index (χ2n) is 5.50. The number of aryl methyl sites for hydroxylation is 1. The molecule has 1 aromatic carbocycles. The molecule has 0 N–H and O–H groups in total. The lowest BCUT2D eigenvalue weighted by molar-refractivity contribution is 0.419. The van der Waals surface area contributed by atoms with Crippen LogP contribution < -0.4 is 14.5 Å². The Bertz CT molecular complexity index is 809. The summed E-state index contributed by atoms with van der Waals surface area (Å²) in [6.45, 7) is 5.89. The summed E-state index contributed by atoms with van der Waals surface area (Å²) in [6.07, 6.45) is 1.84. The van der Waals surface area contributed by atoms with Crippen molar-refractivity contribution < 1.29 is 4.74 Å². The molecule has 0 unspecified atom stereocenters. The molecular weight excluding hydrogens is 330 g/mol. The van der Waals surface area contributed by atoms with Gasteiger partial charge in [-0.3, -0.25) is 0 Å². The number of methoxy groups -OCH3 is 1. The number of thiazole rings is 1. The third kappa shape index (κ3) is 2.61. The molecule has 3 aromatic rings. The first-order chi connectivity index (χ1) is 11.3. The molecule has 0 aliphatic carbocycles. The van der Waals surface area contributed by atoms with Crippen LogP contribution in [0.15, 0.2) is 18.3 Å². The zero-order valence-electron chi connectivity index (χ0n) is 13.0. The van der Waals surface area contributed by atoms with E-state index < -0.39 is 0 Å². The Balaban J connectivity index is 1.57. The number of hydrogen-bond donors (Lipinski definition) is 0. The zero-order valence-corrected chi connectivity index (χ0v) is 14.7. The van der Waals surface area contributed by atoms with Crippen molar-refractivity contribution in [1.82, 2.24) is 13.7 Å². The Morgan fingerprint density at radius 1 is 1.13 bits per heavy atom. The van der Waals surface area contributed by atoms with Gasteiger partial charge in [-0.1, -0.05) is 17.4 Å². The van der Waals surface area contributed by atoms with Gasteiger partial charge in [0.1, 0.15) is 11.3 Å². The number of benzene rings is 1. The van der Waals surface area contributed by atoms with E-state index in [9.17, 15) is 0 Å². The number of hydrogen-bond acceptors (Lipinski definition) is 8. The smallest absolute Gasteiger partial charge is 0.186 e. The van der Waals surface area contributed by atoms with Gasteiger partial charge in [-0.25, -0.2) is 4.98 Å². The molecule has 1 aliphatic heterocycles. The minimum atomic E-state index is 0.847. The first-order valence-corrected chi connectivity index (χ1v) is 9.02. The second-order valence-corrected chi connectivity index (χ2v) is 7.03. The maximum atomic E-state index is 5.45. The van der Waals surface area contributed by atoms with E-state index in [0.29, 0.717) is 0 Å². The van der Waals surface area contributed by atoms with Gasteiger partial charge in [0.25, 0.3) is 0 Å². The summed E-state index contributed by atoms with van der Waals surface area (Å²) in [4.78, 5) is 9.45. The zero-order chi connectivity index (χ0) is 15.8. The van der Waals surface area contributed by atoms with Crippen LogP contribution in [0.25, 0.3) is 10.2 Å². The Labute approximate surface area is 142 Å². The first kappa shape index (κ1) is 14.6. The Morgan fingerprint density at radius 2 is 1.91 bits per heavy atom. The molecule has 0 radical (unpaired) electrons. The van der Waals surface area contributed by atoms with E-state index in [-0.39, 0.29) is 0 Å². The molecular formula is C15H17N5OS2. The fourth-order valence-electron chi connectivity index (χ4n) is 2.82. The standard InChI is InChI=1S/C15H17N5OS2/c1-10-3-4-11(21-2)13-14(10)22-15(17-13)20-7-5-19(6-8-20)12-9-16-23-18-12/h3-4,9H,5-8H2,1-2H3. The predicted octanol–water partition coefficient (Wildman–Crippen LogP) is 2.79. The van der Waals surface area contributed by atoms with E-state index in [0.717, 1.165) is 48.4 Å². The molecule has 4 rings (SSSR count). The number of anilines is 2. The molecule has 1 saturated heterocycles. The summed E-state index contributed by atoms with van der Waals surface area (Å²) in [5.74, 6) is 1.83. The summed E-state index contributed by atoms with van der Waals surface area (Å²) in [5, 5.41) is 1.07. The summed E-state index contributed by atoms with van der Waals surface area (Å²) in [6, 6.07) is 4.09. The predicted molar refractivity (Wildman–Crippen MR) is 95.2 cm³/mol. The molecule has 1 fully saturated rings. The van der Waals surface area contributed by atoms with Crippen LogP contribution in [-0.2, 0) is 0 Å². The minimum absolute atomic E-state index is 0.847. The number of ether oxygens (including phenoxy) is 1. The van der Waals surface area contributed by atoms with Gasteiger partial charge in [-0.2, -0.15) is 8.75 Å². The Morgan fingerprint density at radius 3 is 2.61 bits per heavy atom. The van der Waals surface area contributed by atoms with Gasteiger partial charge in [0.15, 0.2) is 10.9 Å².